The Kier molecular flexibility index (Phi) is 6.42. The van der Waals surface area contributed by atoms with Crippen molar-refractivity contribution < 1.29 is 4.42 Å². The number of fused-ring (bicyclic) bond motifs is 6. The molecule has 0 atom stereocenters. The molecular weight excluding hydrogens is 613 g/mol. The fourth-order valence-corrected chi connectivity index (χ4v) is 7.31. The Morgan fingerprint density at radius 3 is 1.48 bits per heavy atom. The average molecular weight is 641 g/mol. The molecule has 5 nitrogen and oxygen atoms in total. The van der Waals surface area contributed by atoms with E-state index in [1.54, 1.807) is 0 Å². The van der Waals surface area contributed by atoms with Gasteiger partial charge in [0.25, 0.3) is 0 Å². The van der Waals surface area contributed by atoms with Gasteiger partial charge in [0.15, 0.2) is 11.6 Å². The van der Waals surface area contributed by atoms with Crippen LogP contribution in [0.25, 0.3) is 94.7 Å². The number of aromatic nitrogens is 4. The number of benzene rings is 7. The van der Waals surface area contributed by atoms with E-state index in [-0.39, 0.29) is 0 Å². The summed E-state index contributed by atoms with van der Waals surface area (Å²) >= 11 is 0. The molecule has 0 unspecified atom stereocenters. The Labute approximate surface area is 287 Å². The molecule has 234 valence electrons. The number of rotatable bonds is 5. The van der Waals surface area contributed by atoms with Crippen LogP contribution >= 0.6 is 0 Å². The first kappa shape index (κ1) is 28.2. The van der Waals surface area contributed by atoms with Crippen LogP contribution in [0.5, 0.6) is 0 Å². The van der Waals surface area contributed by atoms with Gasteiger partial charge in [0.1, 0.15) is 11.2 Å². The van der Waals surface area contributed by atoms with E-state index in [1.165, 1.54) is 0 Å². The lowest BCUT2D eigenvalue weighted by atomic mass is 9.92. The van der Waals surface area contributed by atoms with E-state index < -0.39 is 0 Å². The molecule has 0 radical (unpaired) electrons. The number of hydrogen-bond donors (Lipinski definition) is 0. The Morgan fingerprint density at radius 2 is 0.840 bits per heavy atom. The Bertz CT molecular complexity index is 2800. The first-order chi connectivity index (χ1) is 24.8. The third-order valence-corrected chi connectivity index (χ3v) is 9.48. The fraction of sp³-hybridized carbons (Fsp3) is 0. The summed E-state index contributed by atoms with van der Waals surface area (Å²) in [5, 5.41) is 4.46. The normalized spacial score (nSPS) is 11.6. The van der Waals surface area contributed by atoms with Gasteiger partial charge in [-0.05, 0) is 46.5 Å². The minimum atomic E-state index is 0.569. The second-order valence-corrected chi connectivity index (χ2v) is 12.4. The molecule has 10 rings (SSSR count). The Morgan fingerprint density at radius 1 is 0.360 bits per heavy atom. The Balaban J connectivity index is 1.28. The molecule has 50 heavy (non-hydrogen) atoms. The van der Waals surface area contributed by atoms with Crippen molar-refractivity contribution in [3.8, 4) is 51.0 Å². The molecule has 0 aliphatic heterocycles. The summed E-state index contributed by atoms with van der Waals surface area (Å²) in [6.45, 7) is 0. The minimum absolute atomic E-state index is 0.569. The van der Waals surface area contributed by atoms with Crippen molar-refractivity contribution in [3.63, 3.8) is 0 Å². The van der Waals surface area contributed by atoms with E-state index >= 15 is 0 Å². The van der Waals surface area contributed by atoms with Crippen LogP contribution < -0.4 is 0 Å². The van der Waals surface area contributed by atoms with Crippen molar-refractivity contribution in [3.05, 3.63) is 170 Å². The van der Waals surface area contributed by atoms with Crippen molar-refractivity contribution in [2.45, 2.75) is 0 Å². The van der Waals surface area contributed by atoms with Crippen molar-refractivity contribution in [2.75, 3.05) is 0 Å². The van der Waals surface area contributed by atoms with Gasteiger partial charge in [0, 0.05) is 32.7 Å². The molecule has 0 saturated carbocycles. The topological polar surface area (TPSA) is 56.7 Å². The average Bonchev–Trinajstić information content (AvgIpc) is 3.75. The van der Waals surface area contributed by atoms with Gasteiger partial charge in [-0.2, -0.15) is 9.97 Å². The molecule has 0 aliphatic rings. The number of nitrogens with zero attached hydrogens (tertiary/aromatic N) is 4. The monoisotopic (exact) mass is 640 g/mol. The van der Waals surface area contributed by atoms with Crippen molar-refractivity contribution in [2.24, 2.45) is 0 Å². The van der Waals surface area contributed by atoms with Crippen molar-refractivity contribution in [1.82, 2.24) is 19.5 Å². The molecule has 10 aromatic rings. The maximum atomic E-state index is 6.53. The van der Waals surface area contributed by atoms with Gasteiger partial charge < -0.3 is 4.42 Å². The summed E-state index contributed by atoms with van der Waals surface area (Å²) in [6, 6.07) is 58.5. The third-order valence-electron chi connectivity index (χ3n) is 9.48. The lowest BCUT2D eigenvalue weighted by Crippen LogP contribution is -2.06. The summed E-state index contributed by atoms with van der Waals surface area (Å²) in [4.78, 5) is 15.2. The van der Waals surface area contributed by atoms with Crippen LogP contribution in [0.2, 0.25) is 0 Å². The zero-order chi connectivity index (χ0) is 33.0. The summed E-state index contributed by atoms with van der Waals surface area (Å²) in [7, 11) is 0. The van der Waals surface area contributed by atoms with Crippen LogP contribution in [0.3, 0.4) is 0 Å². The van der Waals surface area contributed by atoms with Crippen LogP contribution in [0.1, 0.15) is 0 Å². The van der Waals surface area contributed by atoms with Gasteiger partial charge in [-0.25, -0.2) is 4.98 Å². The van der Waals surface area contributed by atoms with Crippen LogP contribution in [-0.2, 0) is 0 Å². The molecule has 0 amide bonds. The van der Waals surface area contributed by atoms with Gasteiger partial charge in [-0.1, -0.05) is 146 Å². The van der Waals surface area contributed by atoms with Gasteiger partial charge in [-0.15, -0.1) is 0 Å². The minimum Gasteiger partial charge on any atom is -0.456 e. The van der Waals surface area contributed by atoms with Crippen molar-refractivity contribution >= 4 is 43.7 Å². The molecule has 0 fully saturated rings. The second kappa shape index (κ2) is 11.4. The highest BCUT2D eigenvalue weighted by Gasteiger charge is 2.22. The van der Waals surface area contributed by atoms with E-state index in [0.717, 1.165) is 77.1 Å². The second-order valence-electron chi connectivity index (χ2n) is 12.4. The maximum Gasteiger partial charge on any atom is 0.238 e. The van der Waals surface area contributed by atoms with E-state index in [4.69, 9.17) is 19.4 Å². The highest BCUT2D eigenvalue weighted by molar-refractivity contribution is 6.23. The third kappa shape index (κ3) is 4.45. The molecule has 0 N–H and O–H groups in total. The van der Waals surface area contributed by atoms with Crippen LogP contribution in [0.15, 0.2) is 174 Å². The van der Waals surface area contributed by atoms with Gasteiger partial charge in [-0.3, -0.25) is 4.57 Å². The standard InChI is InChI=1S/C45H28N4O/c1-4-15-29(16-5-1)32-22-13-27-38-41(32)42-34(24-14-28-39(42)50-38)33-23-12-26-37-40(33)35-21-10-11-25-36(35)49(37)45-47-43(30-17-6-2-7-18-30)46-44(48-45)31-19-8-3-9-20-31/h1-28H. The number of para-hydroxylation sites is 1. The fourth-order valence-electron chi connectivity index (χ4n) is 7.31. The zero-order valence-electron chi connectivity index (χ0n) is 26.9. The van der Waals surface area contributed by atoms with Gasteiger partial charge in [0.2, 0.25) is 5.95 Å². The highest BCUT2D eigenvalue weighted by atomic mass is 16.3. The molecule has 0 saturated heterocycles. The van der Waals surface area contributed by atoms with Gasteiger partial charge in [0.05, 0.1) is 11.0 Å². The maximum absolute atomic E-state index is 6.53. The Hall–Kier alpha value is -6.85. The summed E-state index contributed by atoms with van der Waals surface area (Å²) in [6.07, 6.45) is 0. The van der Waals surface area contributed by atoms with E-state index in [1.807, 2.05) is 60.7 Å². The number of furan rings is 1. The predicted octanol–water partition coefficient (Wildman–Crippen LogP) is 11.5. The molecule has 7 aromatic carbocycles. The molecule has 0 spiro atoms. The SMILES string of the molecule is c1ccc(-c2nc(-c3ccccc3)nc(-n3c4ccccc4c4c(-c5cccc6oc7cccc(-c8ccccc8)c7c56)cccc43)n2)cc1. The first-order valence-corrected chi connectivity index (χ1v) is 16.7. The molecule has 5 heteroatoms. The zero-order valence-corrected chi connectivity index (χ0v) is 26.9. The van der Waals surface area contributed by atoms with Crippen LogP contribution in [-0.4, -0.2) is 19.5 Å². The largest absolute Gasteiger partial charge is 0.456 e. The first-order valence-electron chi connectivity index (χ1n) is 16.7. The molecular formula is C45H28N4O. The van der Waals surface area contributed by atoms with E-state index in [0.29, 0.717) is 17.6 Å². The van der Waals surface area contributed by atoms with Crippen molar-refractivity contribution in [1.29, 1.82) is 0 Å². The molecule has 0 bridgehead atoms. The number of hydrogen-bond acceptors (Lipinski definition) is 4. The van der Waals surface area contributed by atoms with Crippen LogP contribution in [0.4, 0.5) is 0 Å². The highest BCUT2D eigenvalue weighted by Crippen LogP contribution is 2.45. The smallest absolute Gasteiger partial charge is 0.238 e. The summed E-state index contributed by atoms with van der Waals surface area (Å²) in [5.74, 6) is 1.82. The summed E-state index contributed by atoms with van der Waals surface area (Å²) < 4.78 is 8.71. The van der Waals surface area contributed by atoms with E-state index in [9.17, 15) is 0 Å². The lowest BCUT2D eigenvalue weighted by Gasteiger charge is -2.11. The lowest BCUT2D eigenvalue weighted by molar-refractivity contribution is 0.669. The quantitative estimate of drug-likeness (QED) is 0.188. The molecule has 3 heterocycles. The summed E-state index contributed by atoms with van der Waals surface area (Å²) in [5.41, 5.74) is 10.2. The van der Waals surface area contributed by atoms with Gasteiger partial charge >= 0.3 is 0 Å². The molecule has 3 aromatic heterocycles. The predicted molar refractivity (Wildman–Crippen MR) is 203 cm³/mol. The molecule has 0 aliphatic carbocycles. The van der Waals surface area contributed by atoms with E-state index in [2.05, 4.69) is 114 Å². The van der Waals surface area contributed by atoms with Crippen LogP contribution in [0, 0.1) is 0 Å².